The van der Waals surface area contributed by atoms with Crippen LogP contribution >= 0.6 is 51.1 Å². The van der Waals surface area contributed by atoms with E-state index in [9.17, 15) is 4.57 Å². The fourth-order valence-electron chi connectivity index (χ4n) is 0.512. The lowest BCUT2D eigenvalue weighted by Gasteiger charge is -2.16. The van der Waals surface area contributed by atoms with Crippen LogP contribution in [0.4, 0.5) is 0 Å². The maximum absolute atomic E-state index is 11.7. The SMILES string of the molecule is C=CCOP(=O)(CCl)OCC(Br)CBr. The van der Waals surface area contributed by atoms with E-state index in [1.54, 1.807) is 0 Å². The highest BCUT2D eigenvalue weighted by Gasteiger charge is 2.23. The van der Waals surface area contributed by atoms with Gasteiger partial charge in [0.05, 0.1) is 13.2 Å². The highest BCUT2D eigenvalue weighted by molar-refractivity contribution is 9.12. The van der Waals surface area contributed by atoms with Crippen molar-refractivity contribution in [2.75, 3.05) is 24.2 Å². The summed E-state index contributed by atoms with van der Waals surface area (Å²) in [5.74, 6) is 0. The van der Waals surface area contributed by atoms with Gasteiger partial charge in [0.1, 0.15) is 5.62 Å². The maximum Gasteiger partial charge on any atom is 0.345 e. The first-order valence-electron chi connectivity index (χ1n) is 3.83. The molecule has 0 aliphatic rings. The zero-order valence-electron chi connectivity index (χ0n) is 7.50. The van der Waals surface area contributed by atoms with E-state index in [-0.39, 0.29) is 23.7 Å². The lowest BCUT2D eigenvalue weighted by atomic mass is 10.5. The summed E-state index contributed by atoms with van der Waals surface area (Å²) in [5, 5.41) is 0.705. The third kappa shape index (κ3) is 6.59. The van der Waals surface area contributed by atoms with Crippen LogP contribution in [0.2, 0.25) is 0 Å². The van der Waals surface area contributed by atoms with Crippen molar-refractivity contribution in [2.24, 2.45) is 0 Å². The summed E-state index contributed by atoms with van der Waals surface area (Å²) in [6.45, 7) is 3.90. The zero-order chi connectivity index (χ0) is 11.0. The van der Waals surface area contributed by atoms with E-state index in [4.69, 9.17) is 20.6 Å². The van der Waals surface area contributed by atoms with Crippen molar-refractivity contribution < 1.29 is 13.6 Å². The van der Waals surface area contributed by atoms with E-state index in [2.05, 4.69) is 38.4 Å². The van der Waals surface area contributed by atoms with E-state index >= 15 is 0 Å². The van der Waals surface area contributed by atoms with Crippen molar-refractivity contribution >= 4 is 51.1 Å². The summed E-state index contributed by atoms with van der Waals surface area (Å²) in [6.07, 6.45) is 1.50. The fraction of sp³-hybridized carbons (Fsp3) is 0.714. The van der Waals surface area contributed by atoms with Gasteiger partial charge >= 0.3 is 7.60 Å². The topological polar surface area (TPSA) is 35.5 Å². The third-order valence-electron chi connectivity index (χ3n) is 1.15. The Labute approximate surface area is 106 Å². The van der Waals surface area contributed by atoms with E-state index in [1.165, 1.54) is 6.08 Å². The monoisotopic (exact) mass is 368 g/mol. The first kappa shape index (κ1) is 15.1. The van der Waals surface area contributed by atoms with Crippen LogP contribution in [-0.4, -0.2) is 29.0 Å². The highest BCUT2D eigenvalue weighted by atomic mass is 79.9. The molecule has 0 aliphatic carbocycles. The average Bonchev–Trinajstić information content (AvgIpc) is 2.23. The molecule has 0 aromatic carbocycles. The van der Waals surface area contributed by atoms with Gasteiger partial charge in [-0.05, 0) is 0 Å². The van der Waals surface area contributed by atoms with Crippen LogP contribution < -0.4 is 0 Å². The molecule has 0 heterocycles. The molecule has 2 atom stereocenters. The Bertz CT molecular complexity index is 215. The number of rotatable bonds is 8. The van der Waals surface area contributed by atoms with Crippen molar-refractivity contribution in [3.05, 3.63) is 12.7 Å². The molecule has 0 spiro atoms. The molecule has 0 aromatic heterocycles. The number of halogens is 3. The predicted octanol–water partition coefficient (Wildman–Crippen LogP) is 3.75. The van der Waals surface area contributed by atoms with Crippen LogP contribution in [0.25, 0.3) is 0 Å². The summed E-state index contributed by atoms with van der Waals surface area (Å²) in [7, 11) is -3.14. The van der Waals surface area contributed by atoms with Crippen molar-refractivity contribution in [1.29, 1.82) is 0 Å². The minimum atomic E-state index is -3.14. The molecule has 0 N–H and O–H groups in total. The molecule has 14 heavy (non-hydrogen) atoms. The molecule has 0 aliphatic heterocycles. The molecular formula is C7H12Br2ClO3P. The number of hydrogen-bond acceptors (Lipinski definition) is 3. The molecule has 0 radical (unpaired) electrons. The molecule has 0 fully saturated rings. The van der Waals surface area contributed by atoms with Gasteiger partial charge in [-0.2, -0.15) is 0 Å². The molecule has 0 saturated carbocycles. The summed E-state index contributed by atoms with van der Waals surface area (Å²) >= 11 is 12.1. The van der Waals surface area contributed by atoms with Gasteiger partial charge in [0, 0.05) is 10.2 Å². The van der Waals surface area contributed by atoms with Gasteiger partial charge in [0.15, 0.2) is 0 Å². The van der Waals surface area contributed by atoms with E-state index in [1.807, 2.05) is 0 Å². The van der Waals surface area contributed by atoms with Gasteiger partial charge in [-0.15, -0.1) is 18.2 Å². The van der Waals surface area contributed by atoms with E-state index in [0.717, 1.165) is 0 Å². The smallest absolute Gasteiger partial charge is 0.307 e. The second kappa shape index (κ2) is 8.31. The lowest BCUT2D eigenvalue weighted by molar-refractivity contribution is 0.226. The number of hydrogen-bond donors (Lipinski definition) is 0. The van der Waals surface area contributed by atoms with Crippen LogP contribution in [0.1, 0.15) is 0 Å². The average molecular weight is 370 g/mol. The van der Waals surface area contributed by atoms with Gasteiger partial charge in [-0.25, -0.2) is 0 Å². The molecule has 0 saturated heterocycles. The Morgan fingerprint density at radius 1 is 1.57 bits per heavy atom. The Kier molecular flexibility index (Phi) is 8.99. The first-order valence-corrected chi connectivity index (χ1v) is 8.13. The number of alkyl halides is 3. The molecule has 0 aromatic rings. The van der Waals surface area contributed by atoms with Gasteiger partial charge in [-0.3, -0.25) is 4.57 Å². The van der Waals surface area contributed by atoms with Gasteiger partial charge < -0.3 is 9.05 Å². The Morgan fingerprint density at radius 3 is 2.64 bits per heavy atom. The van der Waals surface area contributed by atoms with Crippen LogP contribution in [0.3, 0.4) is 0 Å². The first-order chi connectivity index (χ1) is 6.58. The molecule has 7 heteroatoms. The van der Waals surface area contributed by atoms with Crippen LogP contribution in [0.15, 0.2) is 12.7 Å². The van der Waals surface area contributed by atoms with Crippen molar-refractivity contribution in [3.8, 4) is 0 Å². The standard InChI is InChI=1S/C7H12Br2ClO3P/c1-2-3-12-14(11,6-10)13-5-7(9)4-8/h2,7H,1,3-6H2. The molecule has 84 valence electrons. The minimum Gasteiger partial charge on any atom is -0.307 e. The third-order valence-corrected chi connectivity index (χ3v) is 5.65. The summed E-state index contributed by atoms with van der Waals surface area (Å²) < 4.78 is 21.8. The second-order valence-corrected chi connectivity index (χ2v) is 7.00. The van der Waals surface area contributed by atoms with Crippen molar-refractivity contribution in [2.45, 2.75) is 4.83 Å². The fourth-order valence-corrected chi connectivity index (χ4v) is 2.40. The molecule has 0 bridgehead atoms. The van der Waals surface area contributed by atoms with Gasteiger partial charge in [0.2, 0.25) is 0 Å². The summed E-state index contributed by atoms with van der Waals surface area (Å²) in [6, 6.07) is 0. The highest BCUT2D eigenvalue weighted by Crippen LogP contribution is 2.49. The van der Waals surface area contributed by atoms with Crippen LogP contribution in [0.5, 0.6) is 0 Å². The molecule has 0 amide bonds. The quantitative estimate of drug-likeness (QED) is 0.371. The van der Waals surface area contributed by atoms with E-state index < -0.39 is 7.60 Å². The van der Waals surface area contributed by atoms with Crippen LogP contribution in [-0.2, 0) is 13.6 Å². The molecule has 3 nitrogen and oxygen atoms in total. The lowest BCUT2D eigenvalue weighted by Crippen LogP contribution is -2.10. The minimum absolute atomic E-state index is 0.0892. The molecular weight excluding hydrogens is 358 g/mol. The Morgan fingerprint density at radius 2 is 2.21 bits per heavy atom. The van der Waals surface area contributed by atoms with Crippen molar-refractivity contribution in [3.63, 3.8) is 0 Å². The summed E-state index contributed by atoms with van der Waals surface area (Å²) in [5.41, 5.74) is -0.150. The summed E-state index contributed by atoms with van der Waals surface area (Å²) in [4.78, 5) is 0.0892. The Hall–Kier alpha value is 1.14. The largest absolute Gasteiger partial charge is 0.345 e. The Balaban J connectivity index is 3.98. The van der Waals surface area contributed by atoms with Gasteiger partial charge in [-0.1, -0.05) is 37.9 Å². The predicted molar refractivity (Wildman–Crippen MR) is 66.9 cm³/mol. The molecule has 2 unspecified atom stereocenters. The van der Waals surface area contributed by atoms with Gasteiger partial charge in [0.25, 0.3) is 0 Å². The van der Waals surface area contributed by atoms with Crippen LogP contribution in [0, 0.1) is 0 Å². The van der Waals surface area contributed by atoms with E-state index in [0.29, 0.717) is 5.33 Å². The second-order valence-electron chi connectivity index (χ2n) is 2.36. The zero-order valence-corrected chi connectivity index (χ0v) is 12.3. The molecule has 0 rings (SSSR count). The van der Waals surface area contributed by atoms with Crippen molar-refractivity contribution in [1.82, 2.24) is 0 Å². The maximum atomic E-state index is 11.7. The normalized spacial score (nSPS) is 17.4.